The molecular formula is C25H30F3NO4. The highest BCUT2D eigenvalue weighted by Gasteiger charge is 2.42. The number of unbranched alkanes of at least 4 members (excludes halogenated alkanes) is 4. The number of carbonyl (C=O) groups is 2. The lowest BCUT2D eigenvalue weighted by Crippen LogP contribution is -2.29. The maximum absolute atomic E-state index is 12.0. The van der Waals surface area contributed by atoms with Crippen molar-refractivity contribution in [3.63, 3.8) is 0 Å². The molecule has 2 aromatic carbocycles. The van der Waals surface area contributed by atoms with Crippen LogP contribution in [-0.4, -0.2) is 31.3 Å². The van der Waals surface area contributed by atoms with Crippen LogP contribution >= 0.6 is 0 Å². The fourth-order valence-corrected chi connectivity index (χ4v) is 3.18. The fourth-order valence-electron chi connectivity index (χ4n) is 3.18. The molecule has 0 aliphatic heterocycles. The van der Waals surface area contributed by atoms with Gasteiger partial charge in [-0.1, -0.05) is 61.7 Å². The minimum atomic E-state index is -5.17. The largest absolute Gasteiger partial charge is 0.494 e. The van der Waals surface area contributed by atoms with E-state index in [1.165, 1.54) is 24.8 Å². The van der Waals surface area contributed by atoms with Crippen LogP contribution in [-0.2, 0) is 27.3 Å². The van der Waals surface area contributed by atoms with Gasteiger partial charge < -0.3 is 14.8 Å². The molecule has 0 spiro atoms. The Balaban J connectivity index is 1.53. The SMILES string of the molecule is O=C(CCNCc1cccc(OCCCCCCCc2ccccc2)c1)OC(=O)C(F)(F)F. The molecule has 0 radical (unpaired) electrons. The highest BCUT2D eigenvalue weighted by molar-refractivity contribution is 5.88. The first-order valence-electron chi connectivity index (χ1n) is 11.1. The maximum Gasteiger partial charge on any atom is 0.491 e. The summed E-state index contributed by atoms with van der Waals surface area (Å²) in [5.41, 5.74) is 2.29. The van der Waals surface area contributed by atoms with Crippen molar-refractivity contribution in [2.45, 2.75) is 57.7 Å². The van der Waals surface area contributed by atoms with E-state index in [9.17, 15) is 22.8 Å². The second kappa shape index (κ2) is 14.3. The van der Waals surface area contributed by atoms with Crippen molar-refractivity contribution in [2.24, 2.45) is 0 Å². The lowest BCUT2D eigenvalue weighted by Gasteiger charge is -2.09. The molecule has 0 atom stereocenters. The highest BCUT2D eigenvalue weighted by Crippen LogP contribution is 2.17. The Labute approximate surface area is 192 Å². The zero-order valence-electron chi connectivity index (χ0n) is 18.5. The number of benzene rings is 2. The first-order chi connectivity index (χ1) is 15.8. The van der Waals surface area contributed by atoms with Gasteiger partial charge in [0.25, 0.3) is 0 Å². The van der Waals surface area contributed by atoms with Crippen molar-refractivity contribution < 1.29 is 32.2 Å². The monoisotopic (exact) mass is 465 g/mol. The van der Waals surface area contributed by atoms with Gasteiger partial charge in [0.15, 0.2) is 0 Å². The highest BCUT2D eigenvalue weighted by atomic mass is 19.4. The van der Waals surface area contributed by atoms with Crippen molar-refractivity contribution in [3.8, 4) is 5.75 Å². The molecule has 2 aromatic rings. The summed E-state index contributed by atoms with van der Waals surface area (Å²) in [6, 6.07) is 18.0. The average molecular weight is 466 g/mol. The van der Waals surface area contributed by atoms with Gasteiger partial charge in [-0.3, -0.25) is 4.79 Å². The molecule has 0 heterocycles. The quantitative estimate of drug-likeness (QED) is 0.231. The molecule has 0 saturated carbocycles. The second-order valence-electron chi connectivity index (χ2n) is 7.69. The van der Waals surface area contributed by atoms with Crippen molar-refractivity contribution in [1.29, 1.82) is 0 Å². The Morgan fingerprint density at radius 2 is 1.55 bits per heavy atom. The van der Waals surface area contributed by atoms with Gasteiger partial charge in [0, 0.05) is 13.1 Å². The predicted octanol–water partition coefficient (Wildman–Crippen LogP) is 5.37. The molecule has 2 rings (SSSR count). The normalized spacial score (nSPS) is 11.2. The van der Waals surface area contributed by atoms with Crippen molar-refractivity contribution in [1.82, 2.24) is 5.32 Å². The van der Waals surface area contributed by atoms with Crippen LogP contribution in [0.25, 0.3) is 0 Å². The topological polar surface area (TPSA) is 64.6 Å². The lowest BCUT2D eigenvalue weighted by molar-refractivity contribution is -0.201. The van der Waals surface area contributed by atoms with Gasteiger partial charge in [0.05, 0.1) is 13.0 Å². The Morgan fingerprint density at radius 1 is 0.848 bits per heavy atom. The van der Waals surface area contributed by atoms with Crippen LogP contribution in [0.15, 0.2) is 54.6 Å². The number of esters is 2. The molecule has 0 saturated heterocycles. The van der Waals surface area contributed by atoms with Crippen LogP contribution in [0.4, 0.5) is 13.2 Å². The number of nitrogens with one attached hydrogen (secondary N) is 1. The third kappa shape index (κ3) is 11.5. The van der Waals surface area contributed by atoms with Crippen molar-refractivity contribution >= 4 is 11.9 Å². The molecule has 1 N–H and O–H groups in total. The van der Waals surface area contributed by atoms with Gasteiger partial charge in [-0.15, -0.1) is 0 Å². The third-order valence-electron chi connectivity index (χ3n) is 4.89. The van der Waals surface area contributed by atoms with Gasteiger partial charge in [0.2, 0.25) is 0 Å². The Morgan fingerprint density at radius 3 is 2.30 bits per heavy atom. The number of alkyl halides is 3. The number of carbonyl (C=O) groups excluding carboxylic acids is 2. The molecule has 0 fully saturated rings. The van der Waals surface area contributed by atoms with Crippen molar-refractivity contribution in [3.05, 3.63) is 65.7 Å². The molecule has 180 valence electrons. The number of ether oxygens (including phenoxy) is 2. The summed E-state index contributed by atoms with van der Waals surface area (Å²) in [5, 5.41) is 2.93. The Bertz CT molecular complexity index is 856. The van der Waals surface area contributed by atoms with Crippen molar-refractivity contribution in [2.75, 3.05) is 13.2 Å². The van der Waals surface area contributed by atoms with E-state index in [-0.39, 0.29) is 13.0 Å². The summed E-state index contributed by atoms with van der Waals surface area (Å²) in [6.45, 7) is 1.12. The summed E-state index contributed by atoms with van der Waals surface area (Å²) >= 11 is 0. The van der Waals surface area contributed by atoms with Gasteiger partial charge in [-0.05, 0) is 42.5 Å². The van der Waals surface area contributed by atoms with E-state index in [4.69, 9.17) is 4.74 Å². The molecule has 8 heteroatoms. The lowest BCUT2D eigenvalue weighted by atomic mass is 10.1. The van der Waals surface area contributed by atoms with Crippen LogP contribution in [0.1, 0.15) is 49.7 Å². The minimum absolute atomic E-state index is 0.0827. The third-order valence-corrected chi connectivity index (χ3v) is 4.89. The molecule has 0 amide bonds. The molecule has 0 aromatic heterocycles. The van der Waals surface area contributed by atoms with E-state index in [1.807, 2.05) is 30.3 Å². The smallest absolute Gasteiger partial charge is 0.491 e. The summed E-state index contributed by atoms with van der Waals surface area (Å²) in [7, 11) is 0. The zero-order valence-corrected chi connectivity index (χ0v) is 18.5. The van der Waals surface area contributed by atoms with E-state index >= 15 is 0 Å². The first-order valence-corrected chi connectivity index (χ1v) is 11.1. The van der Waals surface area contributed by atoms with Gasteiger partial charge >= 0.3 is 18.1 Å². The van der Waals surface area contributed by atoms with Gasteiger partial charge in [-0.25, -0.2) is 4.79 Å². The summed E-state index contributed by atoms with van der Waals surface area (Å²) in [5.74, 6) is -2.97. The van der Waals surface area contributed by atoms with E-state index in [0.29, 0.717) is 13.2 Å². The Kier molecular flexibility index (Phi) is 11.4. The zero-order chi connectivity index (χ0) is 23.9. The Hall–Kier alpha value is -2.87. The van der Waals surface area contributed by atoms with Gasteiger partial charge in [-0.2, -0.15) is 13.2 Å². The van der Waals surface area contributed by atoms with Crippen LogP contribution in [0, 0.1) is 0 Å². The summed E-state index contributed by atoms with van der Waals surface area (Å²) in [4.78, 5) is 21.8. The molecular weight excluding hydrogens is 435 g/mol. The number of hydrogen-bond donors (Lipinski definition) is 1. The molecule has 0 aliphatic carbocycles. The number of hydrogen-bond acceptors (Lipinski definition) is 5. The molecule has 5 nitrogen and oxygen atoms in total. The van der Waals surface area contributed by atoms with Crippen LogP contribution < -0.4 is 10.1 Å². The van der Waals surface area contributed by atoms with E-state index < -0.39 is 18.1 Å². The summed E-state index contributed by atoms with van der Waals surface area (Å²) in [6.07, 6.45) is 1.26. The molecule has 0 bridgehead atoms. The van der Waals surface area contributed by atoms with E-state index in [2.05, 4.69) is 34.3 Å². The van der Waals surface area contributed by atoms with Crippen LogP contribution in [0.3, 0.4) is 0 Å². The first kappa shape index (κ1) is 26.4. The minimum Gasteiger partial charge on any atom is -0.494 e. The number of halogens is 3. The molecule has 0 aliphatic rings. The molecule has 0 unspecified atom stereocenters. The molecule has 33 heavy (non-hydrogen) atoms. The van der Waals surface area contributed by atoms with E-state index in [1.54, 1.807) is 0 Å². The maximum atomic E-state index is 12.0. The van der Waals surface area contributed by atoms with Crippen LogP contribution in [0.2, 0.25) is 0 Å². The number of rotatable bonds is 14. The predicted molar refractivity (Wildman–Crippen MR) is 119 cm³/mol. The van der Waals surface area contributed by atoms with Crippen LogP contribution in [0.5, 0.6) is 5.75 Å². The van der Waals surface area contributed by atoms with E-state index in [0.717, 1.165) is 30.6 Å². The second-order valence-corrected chi connectivity index (χ2v) is 7.69. The average Bonchev–Trinajstić information content (AvgIpc) is 2.79. The fraction of sp³-hybridized carbons (Fsp3) is 0.440. The van der Waals surface area contributed by atoms with Gasteiger partial charge in [0.1, 0.15) is 5.75 Å². The standard InChI is InChI=1S/C25H30F3NO4/c26-25(27,28)24(31)33-23(30)15-16-29-19-21-13-9-14-22(18-21)32-17-8-3-1-2-5-10-20-11-6-4-7-12-20/h4,6-7,9,11-14,18,29H,1-3,5,8,10,15-17,19H2. The summed E-state index contributed by atoms with van der Waals surface area (Å²) < 4.78 is 45.7. The number of aryl methyl sites for hydroxylation is 1.